The minimum absolute atomic E-state index is 0.271. The molecule has 112 valence electrons. The molecule has 1 heterocycles. The van der Waals surface area contributed by atoms with E-state index in [4.69, 9.17) is 9.84 Å². The first-order valence-corrected chi connectivity index (χ1v) is 7.43. The highest BCUT2D eigenvalue weighted by atomic mass is 32.1. The Morgan fingerprint density at radius 1 is 1.38 bits per heavy atom. The molecule has 0 unspecified atom stereocenters. The number of hydrogen-bond donors (Lipinski definition) is 2. The number of aromatic nitrogens is 1. The van der Waals surface area contributed by atoms with Gasteiger partial charge in [-0.3, -0.25) is 0 Å². The van der Waals surface area contributed by atoms with E-state index in [-0.39, 0.29) is 4.88 Å². The van der Waals surface area contributed by atoms with Crippen LogP contribution in [0.25, 0.3) is 0 Å². The molecule has 0 aliphatic heterocycles. The van der Waals surface area contributed by atoms with E-state index in [1.807, 2.05) is 26.0 Å². The standard InChI is InChI=1S/C15H18N2O3S/c1-9-4-5-12(10(2)8-9)20-7-6-16-15-17-11(3)13(21-15)14(18)19/h4-5,8H,6-7H2,1-3H3,(H,16,17)(H,18,19). The Hall–Kier alpha value is -2.08. The van der Waals surface area contributed by atoms with Gasteiger partial charge in [-0.05, 0) is 32.4 Å². The molecule has 0 saturated carbocycles. The van der Waals surface area contributed by atoms with Crippen LogP contribution in [-0.4, -0.2) is 29.2 Å². The van der Waals surface area contributed by atoms with Crippen molar-refractivity contribution in [2.45, 2.75) is 20.8 Å². The van der Waals surface area contributed by atoms with Crippen LogP contribution in [0.2, 0.25) is 0 Å². The highest BCUT2D eigenvalue weighted by Crippen LogP contribution is 2.22. The Bertz CT molecular complexity index is 652. The zero-order chi connectivity index (χ0) is 15.4. The lowest BCUT2D eigenvalue weighted by Gasteiger charge is -2.09. The number of aromatic carboxylic acids is 1. The maximum absolute atomic E-state index is 10.9. The molecule has 0 aliphatic rings. The second kappa shape index (κ2) is 6.58. The Morgan fingerprint density at radius 2 is 2.14 bits per heavy atom. The molecule has 0 fully saturated rings. The number of ether oxygens (including phenoxy) is 1. The molecule has 1 aromatic heterocycles. The van der Waals surface area contributed by atoms with Gasteiger partial charge in [-0.25, -0.2) is 9.78 Å². The Balaban J connectivity index is 1.84. The van der Waals surface area contributed by atoms with Crippen molar-refractivity contribution in [1.82, 2.24) is 4.98 Å². The van der Waals surface area contributed by atoms with Gasteiger partial charge in [0.05, 0.1) is 12.2 Å². The second-order valence-corrected chi connectivity index (χ2v) is 5.78. The van der Waals surface area contributed by atoms with Crippen LogP contribution in [0.15, 0.2) is 18.2 Å². The summed E-state index contributed by atoms with van der Waals surface area (Å²) in [7, 11) is 0. The number of carboxylic acid groups (broad SMARTS) is 1. The van der Waals surface area contributed by atoms with Crippen molar-refractivity contribution in [3.05, 3.63) is 39.9 Å². The lowest BCUT2D eigenvalue weighted by molar-refractivity contribution is 0.0701. The molecule has 0 bridgehead atoms. The van der Waals surface area contributed by atoms with Crippen molar-refractivity contribution < 1.29 is 14.6 Å². The normalized spacial score (nSPS) is 10.4. The summed E-state index contributed by atoms with van der Waals surface area (Å²) in [5.74, 6) is -0.0754. The number of nitrogens with zero attached hydrogens (tertiary/aromatic N) is 1. The molecule has 1 aromatic carbocycles. The van der Waals surface area contributed by atoms with Crippen molar-refractivity contribution in [2.75, 3.05) is 18.5 Å². The third-order valence-corrected chi connectivity index (χ3v) is 4.06. The maximum atomic E-state index is 10.9. The Kier molecular flexibility index (Phi) is 4.80. The van der Waals surface area contributed by atoms with Gasteiger partial charge >= 0.3 is 5.97 Å². The minimum atomic E-state index is -0.940. The van der Waals surface area contributed by atoms with Crippen LogP contribution in [0.1, 0.15) is 26.5 Å². The SMILES string of the molecule is Cc1ccc(OCCNc2nc(C)c(C(=O)O)s2)c(C)c1. The number of anilines is 1. The molecular weight excluding hydrogens is 288 g/mol. The minimum Gasteiger partial charge on any atom is -0.491 e. The van der Waals surface area contributed by atoms with E-state index in [2.05, 4.69) is 16.4 Å². The number of benzene rings is 1. The van der Waals surface area contributed by atoms with Crippen LogP contribution >= 0.6 is 11.3 Å². The Morgan fingerprint density at radius 3 is 2.76 bits per heavy atom. The smallest absolute Gasteiger partial charge is 0.347 e. The van der Waals surface area contributed by atoms with Gasteiger partial charge in [0.2, 0.25) is 0 Å². The van der Waals surface area contributed by atoms with Gasteiger partial charge in [-0.15, -0.1) is 0 Å². The highest BCUT2D eigenvalue weighted by molar-refractivity contribution is 7.17. The molecule has 2 rings (SSSR count). The topological polar surface area (TPSA) is 71.5 Å². The predicted octanol–water partition coefficient (Wildman–Crippen LogP) is 3.26. The van der Waals surface area contributed by atoms with E-state index < -0.39 is 5.97 Å². The third kappa shape index (κ3) is 3.95. The summed E-state index contributed by atoms with van der Waals surface area (Å²) in [6.45, 7) is 6.81. The van der Waals surface area contributed by atoms with Crippen molar-refractivity contribution in [3.8, 4) is 5.75 Å². The van der Waals surface area contributed by atoms with Crippen molar-refractivity contribution in [1.29, 1.82) is 0 Å². The van der Waals surface area contributed by atoms with Crippen LogP contribution in [0.5, 0.6) is 5.75 Å². The maximum Gasteiger partial charge on any atom is 0.347 e. The average molecular weight is 306 g/mol. The molecule has 5 nitrogen and oxygen atoms in total. The first-order valence-electron chi connectivity index (χ1n) is 6.62. The van der Waals surface area contributed by atoms with E-state index >= 15 is 0 Å². The monoisotopic (exact) mass is 306 g/mol. The zero-order valence-corrected chi connectivity index (χ0v) is 13.1. The quantitative estimate of drug-likeness (QED) is 0.802. The summed E-state index contributed by atoms with van der Waals surface area (Å²) in [5.41, 5.74) is 2.84. The van der Waals surface area contributed by atoms with Crippen LogP contribution in [0, 0.1) is 20.8 Å². The summed E-state index contributed by atoms with van der Waals surface area (Å²) in [6, 6.07) is 6.05. The third-order valence-electron chi connectivity index (χ3n) is 2.96. The van der Waals surface area contributed by atoms with Crippen molar-refractivity contribution in [3.63, 3.8) is 0 Å². The molecule has 2 aromatic rings. The number of rotatable bonds is 6. The van der Waals surface area contributed by atoms with Gasteiger partial charge in [0, 0.05) is 0 Å². The van der Waals surface area contributed by atoms with E-state index in [0.717, 1.165) is 22.6 Å². The molecule has 0 amide bonds. The van der Waals surface area contributed by atoms with Gasteiger partial charge in [0.15, 0.2) is 5.13 Å². The molecule has 0 aliphatic carbocycles. The number of nitrogens with one attached hydrogen (secondary N) is 1. The summed E-state index contributed by atoms with van der Waals surface area (Å²) in [6.07, 6.45) is 0. The van der Waals surface area contributed by atoms with E-state index in [1.54, 1.807) is 6.92 Å². The summed E-state index contributed by atoms with van der Waals surface area (Å²) >= 11 is 1.14. The lowest BCUT2D eigenvalue weighted by atomic mass is 10.1. The largest absolute Gasteiger partial charge is 0.491 e. The van der Waals surface area contributed by atoms with Gasteiger partial charge in [-0.2, -0.15) is 0 Å². The van der Waals surface area contributed by atoms with Crippen LogP contribution in [-0.2, 0) is 0 Å². The number of thiazole rings is 1. The van der Waals surface area contributed by atoms with Crippen LogP contribution < -0.4 is 10.1 Å². The van der Waals surface area contributed by atoms with Gasteiger partial charge < -0.3 is 15.2 Å². The summed E-state index contributed by atoms with van der Waals surface area (Å²) in [4.78, 5) is 15.4. The molecule has 6 heteroatoms. The first kappa shape index (κ1) is 15.3. The first-order chi connectivity index (χ1) is 9.97. The highest BCUT2D eigenvalue weighted by Gasteiger charge is 2.13. The summed E-state index contributed by atoms with van der Waals surface area (Å²) in [5, 5.41) is 12.7. The molecule has 0 spiro atoms. The van der Waals surface area contributed by atoms with E-state index in [0.29, 0.717) is 24.0 Å². The lowest BCUT2D eigenvalue weighted by Crippen LogP contribution is -2.11. The van der Waals surface area contributed by atoms with Crippen molar-refractivity contribution in [2.24, 2.45) is 0 Å². The Labute approximate surface area is 127 Å². The number of aryl methyl sites for hydroxylation is 3. The summed E-state index contributed by atoms with van der Waals surface area (Å²) < 4.78 is 5.70. The van der Waals surface area contributed by atoms with Gasteiger partial charge in [-0.1, -0.05) is 29.0 Å². The fourth-order valence-electron chi connectivity index (χ4n) is 1.95. The van der Waals surface area contributed by atoms with Gasteiger partial charge in [0.25, 0.3) is 0 Å². The van der Waals surface area contributed by atoms with Crippen LogP contribution in [0.3, 0.4) is 0 Å². The molecule has 0 radical (unpaired) electrons. The van der Waals surface area contributed by atoms with Gasteiger partial charge in [0.1, 0.15) is 17.2 Å². The zero-order valence-electron chi connectivity index (χ0n) is 12.3. The number of carboxylic acids is 1. The van der Waals surface area contributed by atoms with Crippen molar-refractivity contribution >= 4 is 22.4 Å². The van der Waals surface area contributed by atoms with E-state index in [1.165, 1.54) is 5.56 Å². The molecule has 2 N–H and O–H groups in total. The molecule has 0 atom stereocenters. The number of hydrogen-bond acceptors (Lipinski definition) is 5. The predicted molar refractivity (Wildman–Crippen MR) is 83.7 cm³/mol. The fourth-order valence-corrected chi connectivity index (χ4v) is 2.78. The fraction of sp³-hybridized carbons (Fsp3) is 0.333. The average Bonchev–Trinajstić information content (AvgIpc) is 2.78. The van der Waals surface area contributed by atoms with E-state index in [9.17, 15) is 4.79 Å². The second-order valence-electron chi connectivity index (χ2n) is 4.78. The number of carbonyl (C=O) groups is 1. The molecule has 21 heavy (non-hydrogen) atoms. The van der Waals surface area contributed by atoms with Crippen LogP contribution in [0.4, 0.5) is 5.13 Å². The molecule has 0 saturated heterocycles. The molecular formula is C15H18N2O3S.